The zero-order valence-electron chi connectivity index (χ0n) is 11.5. The first-order valence-corrected chi connectivity index (χ1v) is 8.73. The fourth-order valence-corrected chi connectivity index (χ4v) is 4.17. The Balaban J connectivity index is 1.99. The van der Waals surface area contributed by atoms with Crippen LogP contribution in [0, 0.1) is 0 Å². The molecule has 0 radical (unpaired) electrons. The van der Waals surface area contributed by atoms with Gasteiger partial charge in [-0.05, 0) is 45.0 Å². The Labute approximate surface area is 125 Å². The SMILES string of the molecule is CCCN1CCC(NS(=O)(=O)c2cnccc2Cl)CC1. The fraction of sp³-hybridized carbons (Fsp3) is 0.615. The first kappa shape index (κ1) is 15.7. The molecule has 1 N–H and O–H groups in total. The molecule has 1 aliphatic heterocycles. The Morgan fingerprint density at radius 2 is 2.15 bits per heavy atom. The molecule has 2 heterocycles. The highest BCUT2D eigenvalue weighted by Crippen LogP contribution is 2.21. The first-order chi connectivity index (χ1) is 9.53. The van der Waals surface area contributed by atoms with Crippen LogP contribution in [-0.4, -0.2) is 44.0 Å². The van der Waals surface area contributed by atoms with Crippen molar-refractivity contribution in [3.63, 3.8) is 0 Å². The zero-order valence-corrected chi connectivity index (χ0v) is 13.1. The standard InChI is InChI=1S/C13H20ClN3O2S/c1-2-7-17-8-4-11(5-9-17)16-20(18,19)13-10-15-6-3-12(13)14/h3,6,10-11,16H,2,4-5,7-9H2,1H3. The topological polar surface area (TPSA) is 62.3 Å². The van der Waals surface area contributed by atoms with Crippen molar-refractivity contribution in [3.05, 3.63) is 23.5 Å². The van der Waals surface area contributed by atoms with Crippen molar-refractivity contribution in [1.82, 2.24) is 14.6 Å². The highest BCUT2D eigenvalue weighted by atomic mass is 35.5. The minimum atomic E-state index is -3.58. The van der Waals surface area contributed by atoms with Crippen LogP contribution in [0.1, 0.15) is 26.2 Å². The van der Waals surface area contributed by atoms with E-state index in [-0.39, 0.29) is 16.0 Å². The average Bonchev–Trinajstić information content (AvgIpc) is 2.41. The largest absolute Gasteiger partial charge is 0.303 e. The molecular weight excluding hydrogens is 298 g/mol. The van der Waals surface area contributed by atoms with Gasteiger partial charge in [0.2, 0.25) is 10.0 Å². The normalized spacial score (nSPS) is 18.3. The number of hydrogen-bond donors (Lipinski definition) is 1. The number of sulfonamides is 1. The molecular formula is C13H20ClN3O2S. The molecule has 1 aromatic rings. The van der Waals surface area contributed by atoms with Crippen LogP contribution >= 0.6 is 11.6 Å². The quantitative estimate of drug-likeness (QED) is 0.901. The van der Waals surface area contributed by atoms with Gasteiger partial charge in [0, 0.05) is 18.4 Å². The van der Waals surface area contributed by atoms with Gasteiger partial charge in [0.15, 0.2) is 0 Å². The zero-order chi connectivity index (χ0) is 14.6. The molecule has 112 valence electrons. The molecule has 0 amide bonds. The van der Waals surface area contributed by atoms with Crippen LogP contribution < -0.4 is 4.72 Å². The second-order valence-corrected chi connectivity index (χ2v) is 7.13. The third-order valence-electron chi connectivity index (χ3n) is 3.47. The van der Waals surface area contributed by atoms with Gasteiger partial charge < -0.3 is 4.90 Å². The average molecular weight is 318 g/mol. The van der Waals surface area contributed by atoms with Crippen LogP contribution in [0.2, 0.25) is 5.02 Å². The lowest BCUT2D eigenvalue weighted by Crippen LogP contribution is -2.44. The van der Waals surface area contributed by atoms with E-state index in [0.29, 0.717) is 0 Å². The van der Waals surface area contributed by atoms with Crippen LogP contribution in [-0.2, 0) is 10.0 Å². The van der Waals surface area contributed by atoms with E-state index >= 15 is 0 Å². The Kier molecular flexibility index (Phi) is 5.37. The Hall–Kier alpha value is -0.690. The van der Waals surface area contributed by atoms with Gasteiger partial charge in [-0.1, -0.05) is 18.5 Å². The molecule has 7 heteroatoms. The van der Waals surface area contributed by atoms with E-state index in [2.05, 4.69) is 21.5 Å². The van der Waals surface area contributed by atoms with E-state index in [1.54, 1.807) is 0 Å². The number of aromatic nitrogens is 1. The Morgan fingerprint density at radius 1 is 1.45 bits per heavy atom. The van der Waals surface area contributed by atoms with Crippen LogP contribution in [0.4, 0.5) is 0 Å². The number of hydrogen-bond acceptors (Lipinski definition) is 4. The van der Waals surface area contributed by atoms with Crippen molar-refractivity contribution in [2.24, 2.45) is 0 Å². The van der Waals surface area contributed by atoms with Crippen LogP contribution in [0.5, 0.6) is 0 Å². The Morgan fingerprint density at radius 3 is 2.75 bits per heavy atom. The molecule has 0 saturated carbocycles. The number of halogens is 1. The molecule has 0 aromatic carbocycles. The van der Waals surface area contributed by atoms with Crippen molar-refractivity contribution in [1.29, 1.82) is 0 Å². The summed E-state index contributed by atoms with van der Waals surface area (Å²) < 4.78 is 27.3. The highest BCUT2D eigenvalue weighted by Gasteiger charge is 2.25. The summed E-state index contributed by atoms with van der Waals surface area (Å²) in [5, 5.41) is 0.205. The maximum Gasteiger partial charge on any atom is 0.243 e. The molecule has 0 unspecified atom stereocenters. The molecule has 0 bridgehead atoms. The van der Waals surface area contributed by atoms with E-state index in [0.717, 1.165) is 38.9 Å². The number of nitrogens with zero attached hydrogens (tertiary/aromatic N) is 2. The predicted octanol–water partition coefficient (Wildman–Crippen LogP) is 1.89. The van der Waals surface area contributed by atoms with Gasteiger partial charge in [0.05, 0.1) is 5.02 Å². The van der Waals surface area contributed by atoms with Gasteiger partial charge in [-0.15, -0.1) is 0 Å². The molecule has 1 aromatic heterocycles. The van der Waals surface area contributed by atoms with Gasteiger partial charge in [-0.2, -0.15) is 0 Å². The van der Waals surface area contributed by atoms with Crippen LogP contribution in [0.3, 0.4) is 0 Å². The predicted molar refractivity (Wildman–Crippen MR) is 79.3 cm³/mol. The summed E-state index contributed by atoms with van der Waals surface area (Å²) in [6.07, 6.45) is 5.55. The van der Waals surface area contributed by atoms with Gasteiger partial charge >= 0.3 is 0 Å². The molecule has 1 aliphatic rings. The number of nitrogens with one attached hydrogen (secondary N) is 1. The maximum atomic E-state index is 12.3. The Bertz CT molecular complexity index is 542. The summed E-state index contributed by atoms with van der Waals surface area (Å²) in [5.74, 6) is 0. The minimum Gasteiger partial charge on any atom is -0.303 e. The van der Waals surface area contributed by atoms with E-state index in [4.69, 9.17) is 11.6 Å². The van der Waals surface area contributed by atoms with Crippen molar-refractivity contribution in [3.8, 4) is 0 Å². The van der Waals surface area contributed by atoms with Gasteiger partial charge in [0.1, 0.15) is 4.90 Å². The number of rotatable bonds is 5. The van der Waals surface area contributed by atoms with E-state index in [1.807, 2.05) is 0 Å². The monoisotopic (exact) mass is 317 g/mol. The summed E-state index contributed by atoms with van der Waals surface area (Å²) in [6, 6.07) is 1.46. The molecule has 1 saturated heterocycles. The highest BCUT2D eigenvalue weighted by molar-refractivity contribution is 7.89. The maximum absolute atomic E-state index is 12.3. The molecule has 2 rings (SSSR count). The minimum absolute atomic E-state index is 0.0237. The molecule has 0 atom stereocenters. The molecule has 0 aliphatic carbocycles. The molecule has 1 fully saturated rings. The van der Waals surface area contributed by atoms with E-state index in [1.165, 1.54) is 18.5 Å². The summed E-state index contributed by atoms with van der Waals surface area (Å²) in [4.78, 5) is 6.25. The third kappa shape index (κ3) is 3.91. The van der Waals surface area contributed by atoms with Crippen LogP contribution in [0.25, 0.3) is 0 Å². The fourth-order valence-electron chi connectivity index (χ4n) is 2.43. The second-order valence-electron chi connectivity index (χ2n) is 5.04. The van der Waals surface area contributed by atoms with Gasteiger partial charge in [-0.25, -0.2) is 13.1 Å². The lowest BCUT2D eigenvalue weighted by molar-refractivity contribution is 0.208. The molecule has 0 spiro atoms. The van der Waals surface area contributed by atoms with Crippen LogP contribution in [0.15, 0.2) is 23.4 Å². The van der Waals surface area contributed by atoms with Gasteiger partial charge in [-0.3, -0.25) is 4.98 Å². The lowest BCUT2D eigenvalue weighted by Gasteiger charge is -2.31. The van der Waals surface area contributed by atoms with E-state index < -0.39 is 10.0 Å². The summed E-state index contributed by atoms with van der Waals surface area (Å²) in [6.45, 7) is 5.09. The lowest BCUT2D eigenvalue weighted by atomic mass is 10.1. The summed E-state index contributed by atoms with van der Waals surface area (Å²) >= 11 is 5.92. The van der Waals surface area contributed by atoms with Gasteiger partial charge in [0.25, 0.3) is 0 Å². The van der Waals surface area contributed by atoms with Crippen molar-refractivity contribution < 1.29 is 8.42 Å². The smallest absolute Gasteiger partial charge is 0.243 e. The van der Waals surface area contributed by atoms with Crippen molar-refractivity contribution in [2.45, 2.75) is 37.1 Å². The third-order valence-corrected chi connectivity index (χ3v) is 5.46. The first-order valence-electron chi connectivity index (χ1n) is 6.87. The summed E-state index contributed by atoms with van der Waals surface area (Å²) in [5.41, 5.74) is 0. The number of piperidine rings is 1. The van der Waals surface area contributed by atoms with Crippen molar-refractivity contribution in [2.75, 3.05) is 19.6 Å². The molecule has 20 heavy (non-hydrogen) atoms. The second kappa shape index (κ2) is 6.85. The number of likely N-dealkylation sites (tertiary alicyclic amines) is 1. The number of pyridine rings is 1. The molecule has 5 nitrogen and oxygen atoms in total. The van der Waals surface area contributed by atoms with Crippen molar-refractivity contribution >= 4 is 21.6 Å². The van der Waals surface area contributed by atoms with E-state index in [9.17, 15) is 8.42 Å². The summed E-state index contributed by atoms with van der Waals surface area (Å²) in [7, 11) is -3.58.